The summed E-state index contributed by atoms with van der Waals surface area (Å²) in [4.78, 5) is 5.79. The van der Waals surface area contributed by atoms with Crippen molar-refractivity contribution in [1.29, 1.82) is 0 Å². The molecule has 1 saturated heterocycles. The summed E-state index contributed by atoms with van der Waals surface area (Å²) in [6.07, 6.45) is 10.4. The molecule has 35 heavy (non-hydrogen) atoms. The Morgan fingerprint density at radius 1 is 1.23 bits per heavy atom. The van der Waals surface area contributed by atoms with Crippen molar-refractivity contribution in [2.24, 2.45) is 0 Å². The monoisotopic (exact) mass is 537 g/mol. The Balaban J connectivity index is 1.54. The van der Waals surface area contributed by atoms with E-state index >= 15 is 0 Å². The lowest BCUT2D eigenvalue weighted by Crippen LogP contribution is -2.44. The first kappa shape index (κ1) is 26.2. The maximum Gasteiger partial charge on any atom is 0.227 e. The molecule has 1 aromatic carbocycles. The molecule has 0 unspecified atom stereocenters. The van der Waals surface area contributed by atoms with Gasteiger partial charge in [-0.1, -0.05) is 35.0 Å². The van der Waals surface area contributed by atoms with Gasteiger partial charge in [0.05, 0.1) is 6.26 Å². The van der Waals surface area contributed by atoms with Gasteiger partial charge < -0.3 is 9.73 Å². The minimum Gasteiger partial charge on any atom is -0.429 e. The van der Waals surface area contributed by atoms with Crippen LogP contribution >= 0.6 is 23.4 Å². The second-order valence-corrected chi connectivity index (χ2v) is 12.2. The van der Waals surface area contributed by atoms with Crippen LogP contribution in [0.2, 0.25) is 0 Å². The zero-order valence-electron chi connectivity index (χ0n) is 19.8. The Morgan fingerprint density at radius 3 is 2.63 bits per heavy atom. The van der Waals surface area contributed by atoms with Crippen LogP contribution < -0.4 is 5.32 Å². The fourth-order valence-corrected chi connectivity index (χ4v) is 6.03. The average Bonchev–Trinajstić information content (AvgIpc) is 3.22. The first-order valence-electron chi connectivity index (χ1n) is 11.5. The van der Waals surface area contributed by atoms with Crippen molar-refractivity contribution in [3.63, 3.8) is 0 Å². The molecule has 0 saturated carbocycles. The Labute approximate surface area is 215 Å². The summed E-state index contributed by atoms with van der Waals surface area (Å²) in [5.74, 6) is 0.116. The lowest BCUT2D eigenvalue weighted by molar-refractivity contribution is 0.288. The SMILES string of the molecule is CC1=C(Sc2oc(-c3ccc(F)cc3)nc2CNC2CCN(S(C)(=O)=O)CC2)C=CC(Cl)=CCC1. The van der Waals surface area contributed by atoms with Gasteiger partial charge in [-0.3, -0.25) is 0 Å². The van der Waals surface area contributed by atoms with Gasteiger partial charge in [0.25, 0.3) is 0 Å². The van der Waals surface area contributed by atoms with E-state index in [1.54, 1.807) is 12.1 Å². The highest BCUT2D eigenvalue weighted by molar-refractivity contribution is 8.03. The van der Waals surface area contributed by atoms with Gasteiger partial charge in [0.15, 0.2) is 5.09 Å². The van der Waals surface area contributed by atoms with E-state index in [1.807, 2.05) is 18.2 Å². The number of sulfonamides is 1. The summed E-state index contributed by atoms with van der Waals surface area (Å²) >= 11 is 7.75. The molecule has 1 aromatic heterocycles. The maximum atomic E-state index is 13.4. The fourth-order valence-electron chi connectivity index (χ4n) is 4.01. The number of nitrogens with one attached hydrogen (secondary N) is 1. The van der Waals surface area contributed by atoms with Crippen LogP contribution in [0, 0.1) is 5.82 Å². The molecule has 0 atom stereocenters. The van der Waals surface area contributed by atoms with Crippen molar-refractivity contribution >= 4 is 33.4 Å². The molecule has 1 fully saturated rings. The zero-order chi connectivity index (χ0) is 25.0. The van der Waals surface area contributed by atoms with E-state index in [-0.39, 0.29) is 11.9 Å². The van der Waals surface area contributed by atoms with Crippen LogP contribution in [0.4, 0.5) is 4.39 Å². The van der Waals surface area contributed by atoms with Crippen molar-refractivity contribution in [3.05, 3.63) is 69.5 Å². The number of halogens is 2. The van der Waals surface area contributed by atoms with E-state index < -0.39 is 10.0 Å². The number of benzene rings is 1. The lowest BCUT2D eigenvalue weighted by Gasteiger charge is -2.30. The third kappa shape index (κ3) is 7.07. The van der Waals surface area contributed by atoms with Gasteiger partial charge in [0.2, 0.25) is 15.9 Å². The number of aromatic nitrogens is 1. The van der Waals surface area contributed by atoms with E-state index in [4.69, 9.17) is 21.0 Å². The van der Waals surface area contributed by atoms with Crippen LogP contribution in [-0.4, -0.2) is 43.1 Å². The molecule has 0 amide bonds. The first-order chi connectivity index (χ1) is 16.7. The molecule has 1 aliphatic carbocycles. The van der Waals surface area contributed by atoms with Gasteiger partial charge in [-0.15, -0.1) is 0 Å². The third-order valence-corrected chi connectivity index (χ3v) is 8.90. The summed E-state index contributed by atoms with van der Waals surface area (Å²) < 4.78 is 44.7. The van der Waals surface area contributed by atoms with Gasteiger partial charge >= 0.3 is 0 Å². The van der Waals surface area contributed by atoms with Gasteiger partial charge in [0, 0.05) is 41.2 Å². The van der Waals surface area contributed by atoms with Crippen molar-refractivity contribution in [2.75, 3.05) is 19.3 Å². The van der Waals surface area contributed by atoms with Crippen molar-refractivity contribution in [2.45, 2.75) is 50.3 Å². The molecule has 188 valence electrons. The van der Waals surface area contributed by atoms with E-state index in [0.717, 1.165) is 36.3 Å². The van der Waals surface area contributed by atoms with Gasteiger partial charge in [-0.25, -0.2) is 22.1 Å². The molecule has 1 N–H and O–H groups in total. The Kier molecular flexibility index (Phi) is 8.54. The number of allylic oxidation sites excluding steroid dienone is 5. The predicted octanol–water partition coefficient (Wildman–Crippen LogP) is 5.83. The quantitative estimate of drug-likeness (QED) is 0.478. The predicted molar refractivity (Wildman–Crippen MR) is 139 cm³/mol. The molecule has 1 aliphatic heterocycles. The van der Waals surface area contributed by atoms with Crippen LogP contribution in [0.1, 0.15) is 38.3 Å². The number of oxazole rings is 1. The number of piperidine rings is 1. The highest BCUT2D eigenvalue weighted by Gasteiger charge is 2.25. The second-order valence-electron chi connectivity index (χ2n) is 8.78. The maximum absolute atomic E-state index is 13.4. The van der Waals surface area contributed by atoms with E-state index in [0.29, 0.717) is 41.2 Å². The molecule has 0 radical (unpaired) electrons. The Hall–Kier alpha value is -1.91. The molecule has 10 heteroatoms. The topological polar surface area (TPSA) is 75.4 Å². The molecule has 0 spiro atoms. The van der Waals surface area contributed by atoms with E-state index in [9.17, 15) is 12.8 Å². The Bertz CT molecular complexity index is 1250. The van der Waals surface area contributed by atoms with Gasteiger partial charge in [-0.05, 0) is 69.0 Å². The number of rotatable bonds is 7. The molecule has 4 rings (SSSR count). The molecule has 2 aliphatic rings. The lowest BCUT2D eigenvalue weighted by atomic mass is 10.1. The smallest absolute Gasteiger partial charge is 0.227 e. The molecule has 6 nitrogen and oxygen atoms in total. The highest BCUT2D eigenvalue weighted by Crippen LogP contribution is 2.37. The van der Waals surface area contributed by atoms with Gasteiger partial charge in [0.1, 0.15) is 11.5 Å². The second kappa shape index (κ2) is 11.4. The first-order valence-corrected chi connectivity index (χ1v) is 14.6. The fraction of sp³-hybridized carbons (Fsp3) is 0.400. The largest absolute Gasteiger partial charge is 0.429 e. The number of nitrogens with zero attached hydrogens (tertiary/aromatic N) is 2. The number of hydrogen-bond acceptors (Lipinski definition) is 6. The summed E-state index contributed by atoms with van der Waals surface area (Å²) in [6.45, 7) is 3.59. The normalized spacial score (nSPS) is 18.5. The van der Waals surface area contributed by atoms with E-state index in [1.165, 1.54) is 40.0 Å². The zero-order valence-corrected chi connectivity index (χ0v) is 22.1. The van der Waals surface area contributed by atoms with Crippen LogP contribution in [0.25, 0.3) is 11.5 Å². The molecule has 2 aromatic rings. The summed E-state index contributed by atoms with van der Waals surface area (Å²) in [5.41, 5.74) is 2.70. The van der Waals surface area contributed by atoms with Crippen LogP contribution in [0.3, 0.4) is 0 Å². The van der Waals surface area contributed by atoms with Gasteiger partial charge in [-0.2, -0.15) is 0 Å². The van der Waals surface area contributed by atoms with Crippen molar-refractivity contribution in [1.82, 2.24) is 14.6 Å². The van der Waals surface area contributed by atoms with Crippen LogP contribution in [0.15, 0.2) is 67.5 Å². The highest BCUT2D eigenvalue weighted by atomic mass is 35.5. The minimum absolute atomic E-state index is 0.183. The van der Waals surface area contributed by atoms with Crippen LogP contribution in [-0.2, 0) is 16.6 Å². The molecular formula is C25H29ClFN3O3S2. The summed E-state index contributed by atoms with van der Waals surface area (Å²) in [7, 11) is -3.16. The molecular weight excluding hydrogens is 509 g/mol. The molecule has 0 bridgehead atoms. The standard InChI is InChI=1S/C25H29ClFN3O3S2/c1-17-4-3-5-19(26)8-11-23(17)34-25-22(29-24(33-25)18-6-9-20(27)10-7-18)16-28-21-12-14-30(15-13-21)35(2,31)32/h5-11,21,28H,3-4,12-16H2,1-2H3. The van der Waals surface area contributed by atoms with Crippen molar-refractivity contribution in [3.8, 4) is 11.5 Å². The Morgan fingerprint density at radius 2 is 1.94 bits per heavy atom. The van der Waals surface area contributed by atoms with E-state index in [2.05, 4.69) is 12.2 Å². The number of hydrogen-bond donors (Lipinski definition) is 1. The average molecular weight is 538 g/mol. The number of thioether (sulfide) groups is 1. The van der Waals surface area contributed by atoms with Crippen LogP contribution in [0.5, 0.6) is 0 Å². The summed E-state index contributed by atoms with van der Waals surface area (Å²) in [6, 6.07) is 6.26. The minimum atomic E-state index is -3.16. The summed E-state index contributed by atoms with van der Waals surface area (Å²) in [5, 5.41) is 4.90. The van der Waals surface area contributed by atoms with Crippen molar-refractivity contribution < 1.29 is 17.2 Å². The third-order valence-electron chi connectivity index (χ3n) is 6.11. The molecule has 2 heterocycles.